The zero-order chi connectivity index (χ0) is 42.2. The van der Waals surface area contributed by atoms with Gasteiger partial charge < -0.3 is 70.0 Å². The summed E-state index contributed by atoms with van der Waals surface area (Å²) in [6.07, 6.45) is -8.50. The number of allylic oxidation sites excluding steroid dienone is 2. The summed E-state index contributed by atoms with van der Waals surface area (Å²) in [4.78, 5) is 0. The number of unbranched alkanes of at least 4 members (excludes halogenated alkanes) is 1. The molecular weight excluding hydrogens is 740 g/mol. The molecule has 6 rings (SSSR count). The number of hydrogen-bond donors (Lipinski definition) is 10. The van der Waals surface area contributed by atoms with Crippen LogP contribution in [0.4, 0.5) is 0 Å². The number of hydrogen-bond acceptors (Lipinski definition) is 14. The van der Waals surface area contributed by atoms with Crippen LogP contribution in [0, 0.1) is 45.3 Å². The fraction of sp³-hybridized carbons (Fsp3) is 0.953. The molecule has 14 nitrogen and oxygen atoms in total. The fourth-order valence-corrected chi connectivity index (χ4v) is 13.7. The zero-order valence-corrected chi connectivity index (χ0v) is 35.3. The Morgan fingerprint density at radius 3 is 1.91 bits per heavy atom. The Kier molecular flexibility index (Phi) is 13.2. The Bertz CT molecular complexity index is 1420. The van der Waals surface area contributed by atoms with Crippen molar-refractivity contribution in [2.75, 3.05) is 13.2 Å². The molecule has 6 aliphatic rings. The van der Waals surface area contributed by atoms with E-state index in [-0.39, 0.29) is 23.7 Å². The monoisotopic (exact) mass is 815 g/mol. The fourth-order valence-electron chi connectivity index (χ4n) is 13.7. The minimum absolute atomic E-state index is 0.00159. The lowest BCUT2D eigenvalue weighted by Gasteiger charge is -2.72. The van der Waals surface area contributed by atoms with Crippen LogP contribution in [-0.4, -0.2) is 150 Å². The lowest BCUT2D eigenvalue weighted by molar-refractivity contribution is -0.349. The van der Waals surface area contributed by atoms with Crippen LogP contribution >= 0.6 is 0 Å². The molecule has 0 aromatic heterocycles. The maximum absolute atomic E-state index is 12.6. The van der Waals surface area contributed by atoms with Gasteiger partial charge >= 0.3 is 0 Å². The third kappa shape index (κ3) is 7.51. The topological polar surface area (TPSA) is 239 Å². The molecule has 6 fully saturated rings. The van der Waals surface area contributed by atoms with Crippen LogP contribution in [0.15, 0.2) is 11.6 Å². The standard InChI is InChI=1S/C43H74O14/c1-21(2)11-9-10-14-43(8,57-38-35(53)33(51)31(49)26(20-45)56-38)22-12-16-41(6)29(22)23(46)17-27-40(5)15-13-28(47)39(3,4)36(40)24(18-42(27,41)7)54-37-34(52)32(50)30(48)25(19-44)55-37/h11,22-38,44-53H,9-10,12-20H2,1-8H3. The molecule has 0 aromatic rings. The summed E-state index contributed by atoms with van der Waals surface area (Å²) in [7, 11) is 0. The summed E-state index contributed by atoms with van der Waals surface area (Å²) in [5.41, 5.74) is -1.84. The first-order valence-electron chi connectivity index (χ1n) is 21.5. The van der Waals surface area contributed by atoms with Crippen LogP contribution < -0.4 is 0 Å². The molecule has 21 atom stereocenters. The Balaban J connectivity index is 1.38. The largest absolute Gasteiger partial charge is 0.394 e. The average Bonchev–Trinajstić information content (AvgIpc) is 3.53. The van der Waals surface area contributed by atoms with Gasteiger partial charge in [0.2, 0.25) is 0 Å². The van der Waals surface area contributed by atoms with Crippen LogP contribution in [-0.2, 0) is 18.9 Å². The lowest BCUT2D eigenvalue weighted by Crippen LogP contribution is -2.71. The quantitative estimate of drug-likeness (QED) is 0.0809. The Morgan fingerprint density at radius 2 is 1.33 bits per heavy atom. The summed E-state index contributed by atoms with van der Waals surface area (Å²) in [6.45, 7) is 15.8. The van der Waals surface area contributed by atoms with Gasteiger partial charge in [-0.3, -0.25) is 0 Å². The SMILES string of the molecule is CC(C)=CCCCC(C)(OC1OC(CO)C(O)C(O)C1O)C1CCC2(C)C1C(O)CC1C3(C)CCC(O)C(C)(C)C3C(OC3OC(CO)C(O)C(O)C3O)CC12C. The average molecular weight is 815 g/mol. The van der Waals surface area contributed by atoms with Crippen molar-refractivity contribution < 1.29 is 70.0 Å². The molecule has 4 saturated carbocycles. The Labute approximate surface area is 338 Å². The summed E-state index contributed by atoms with van der Waals surface area (Å²) in [5.74, 6) is -0.762. The predicted octanol–water partition coefficient (Wildman–Crippen LogP) is 1.51. The van der Waals surface area contributed by atoms with E-state index in [1.807, 2.05) is 34.6 Å². The van der Waals surface area contributed by atoms with E-state index in [0.29, 0.717) is 38.5 Å². The summed E-state index contributed by atoms with van der Waals surface area (Å²) in [5, 5.41) is 109. The minimum Gasteiger partial charge on any atom is -0.394 e. The van der Waals surface area contributed by atoms with Gasteiger partial charge in [-0.15, -0.1) is 0 Å². The summed E-state index contributed by atoms with van der Waals surface area (Å²) >= 11 is 0. The van der Waals surface area contributed by atoms with Crippen molar-refractivity contribution in [1.82, 2.24) is 0 Å². The maximum atomic E-state index is 12.6. The van der Waals surface area contributed by atoms with Gasteiger partial charge in [0.05, 0.1) is 37.1 Å². The molecule has 0 radical (unpaired) electrons. The molecule has 4 aliphatic carbocycles. The van der Waals surface area contributed by atoms with Crippen molar-refractivity contribution in [3.05, 3.63) is 11.6 Å². The highest BCUT2D eigenvalue weighted by molar-refractivity contribution is 5.22. The molecule has 2 saturated heterocycles. The van der Waals surface area contributed by atoms with Crippen molar-refractivity contribution in [2.45, 2.75) is 199 Å². The molecule has 57 heavy (non-hydrogen) atoms. The molecule has 0 aromatic carbocycles. The van der Waals surface area contributed by atoms with Gasteiger partial charge in [-0.2, -0.15) is 0 Å². The van der Waals surface area contributed by atoms with E-state index in [4.69, 9.17) is 18.9 Å². The number of fused-ring (bicyclic) bond motifs is 5. The van der Waals surface area contributed by atoms with Gasteiger partial charge in [0.15, 0.2) is 12.6 Å². The molecule has 21 unspecified atom stereocenters. The first kappa shape index (κ1) is 45.7. The molecule has 2 aliphatic heterocycles. The van der Waals surface area contributed by atoms with Crippen LogP contribution in [0.1, 0.15) is 113 Å². The van der Waals surface area contributed by atoms with E-state index in [9.17, 15) is 51.1 Å². The van der Waals surface area contributed by atoms with Crippen LogP contribution in [0.3, 0.4) is 0 Å². The Morgan fingerprint density at radius 1 is 0.754 bits per heavy atom. The second-order valence-electron chi connectivity index (χ2n) is 20.6. The smallest absolute Gasteiger partial charge is 0.187 e. The first-order valence-corrected chi connectivity index (χ1v) is 21.5. The molecule has 0 amide bonds. The summed E-state index contributed by atoms with van der Waals surface area (Å²) in [6, 6.07) is 0. The van der Waals surface area contributed by atoms with E-state index >= 15 is 0 Å². The van der Waals surface area contributed by atoms with Gasteiger partial charge in [-0.25, -0.2) is 0 Å². The van der Waals surface area contributed by atoms with E-state index in [1.54, 1.807) is 0 Å². The highest BCUT2D eigenvalue weighted by Gasteiger charge is 2.74. The van der Waals surface area contributed by atoms with Crippen molar-refractivity contribution in [3.63, 3.8) is 0 Å². The van der Waals surface area contributed by atoms with Gasteiger partial charge in [-0.05, 0) is 124 Å². The first-order chi connectivity index (χ1) is 26.5. The van der Waals surface area contributed by atoms with Gasteiger partial charge in [-0.1, -0.05) is 46.3 Å². The Hall–Kier alpha value is -0.820. The van der Waals surface area contributed by atoms with Crippen LogP contribution in [0.5, 0.6) is 0 Å². The highest BCUT2D eigenvalue weighted by atomic mass is 16.7. The second kappa shape index (κ2) is 16.5. The summed E-state index contributed by atoms with van der Waals surface area (Å²) < 4.78 is 25.5. The minimum atomic E-state index is -1.61. The van der Waals surface area contributed by atoms with E-state index in [2.05, 4.69) is 26.8 Å². The third-order valence-corrected chi connectivity index (χ3v) is 16.8. The predicted molar refractivity (Wildman–Crippen MR) is 207 cm³/mol. The van der Waals surface area contributed by atoms with Gasteiger partial charge in [0.25, 0.3) is 0 Å². The van der Waals surface area contributed by atoms with Crippen molar-refractivity contribution in [1.29, 1.82) is 0 Å². The second-order valence-corrected chi connectivity index (χ2v) is 20.6. The van der Waals surface area contributed by atoms with Crippen molar-refractivity contribution >= 4 is 0 Å². The molecule has 0 bridgehead atoms. The molecule has 14 heteroatoms. The zero-order valence-electron chi connectivity index (χ0n) is 35.3. The van der Waals surface area contributed by atoms with Crippen molar-refractivity contribution in [2.24, 2.45) is 45.3 Å². The maximum Gasteiger partial charge on any atom is 0.187 e. The molecular formula is C43H74O14. The van der Waals surface area contributed by atoms with E-state index < -0.39 is 120 Å². The number of aliphatic hydroxyl groups excluding tert-OH is 10. The number of ether oxygens (including phenoxy) is 4. The van der Waals surface area contributed by atoms with Crippen molar-refractivity contribution in [3.8, 4) is 0 Å². The molecule has 0 spiro atoms. The van der Waals surface area contributed by atoms with Crippen LogP contribution in [0.2, 0.25) is 0 Å². The van der Waals surface area contributed by atoms with E-state index in [0.717, 1.165) is 19.3 Å². The molecule has 330 valence electrons. The van der Waals surface area contributed by atoms with Gasteiger partial charge in [0, 0.05) is 0 Å². The molecule has 10 N–H and O–H groups in total. The number of rotatable bonds is 11. The van der Waals surface area contributed by atoms with Gasteiger partial charge in [0.1, 0.15) is 48.8 Å². The highest BCUT2D eigenvalue weighted by Crippen LogP contribution is 2.76. The molecule has 2 heterocycles. The van der Waals surface area contributed by atoms with E-state index in [1.165, 1.54) is 5.57 Å². The lowest BCUT2D eigenvalue weighted by atomic mass is 9.34. The van der Waals surface area contributed by atoms with Crippen LogP contribution in [0.25, 0.3) is 0 Å². The normalized spacial score (nSPS) is 51.9. The number of aliphatic hydroxyl groups is 10. The third-order valence-electron chi connectivity index (χ3n) is 16.8.